The maximum atomic E-state index is 13.8. The number of nitrogens with zero attached hydrogens (tertiary/aromatic N) is 1. The fourth-order valence-corrected chi connectivity index (χ4v) is 2.52. The summed E-state index contributed by atoms with van der Waals surface area (Å²) in [6, 6.07) is 3.74. The van der Waals surface area contributed by atoms with Gasteiger partial charge in [-0.25, -0.2) is 4.39 Å². The van der Waals surface area contributed by atoms with Gasteiger partial charge in [-0.2, -0.15) is 0 Å². The number of amides is 2. The molecule has 1 N–H and O–H groups in total. The van der Waals surface area contributed by atoms with E-state index in [0.29, 0.717) is 0 Å². The predicted molar refractivity (Wildman–Crippen MR) is 78.2 cm³/mol. The van der Waals surface area contributed by atoms with Crippen molar-refractivity contribution in [2.45, 2.75) is 33.4 Å². The highest BCUT2D eigenvalue weighted by Gasteiger charge is 2.40. The average Bonchev–Trinajstić information content (AvgIpc) is 2.36. The molecular formula is C15H18ClFN2O2. The first-order valence-electron chi connectivity index (χ1n) is 6.71. The van der Waals surface area contributed by atoms with Crippen LogP contribution in [-0.2, 0) is 16.1 Å². The Bertz CT molecular complexity index is 563. The molecular weight excluding hydrogens is 295 g/mol. The third-order valence-corrected chi connectivity index (χ3v) is 3.83. The van der Waals surface area contributed by atoms with Crippen molar-refractivity contribution in [3.63, 3.8) is 0 Å². The smallest absolute Gasteiger partial charge is 0.246 e. The average molecular weight is 313 g/mol. The second-order valence-corrected chi connectivity index (χ2v) is 6.67. The van der Waals surface area contributed by atoms with E-state index < -0.39 is 17.3 Å². The molecule has 0 aromatic heterocycles. The summed E-state index contributed by atoms with van der Waals surface area (Å²) < 4.78 is 13.8. The molecule has 114 valence electrons. The summed E-state index contributed by atoms with van der Waals surface area (Å²) in [5.41, 5.74) is -0.181. The highest BCUT2D eigenvalue weighted by atomic mass is 35.5. The molecule has 2 amide bonds. The second kappa shape index (κ2) is 5.64. The first kappa shape index (κ1) is 15.8. The minimum atomic E-state index is -0.621. The van der Waals surface area contributed by atoms with Gasteiger partial charge in [0.2, 0.25) is 11.8 Å². The van der Waals surface area contributed by atoms with Gasteiger partial charge in [0.15, 0.2) is 0 Å². The monoisotopic (exact) mass is 312 g/mol. The normalized spacial score (nSPS) is 19.7. The summed E-state index contributed by atoms with van der Waals surface area (Å²) in [4.78, 5) is 25.6. The number of halogens is 2. The zero-order valence-corrected chi connectivity index (χ0v) is 13.0. The van der Waals surface area contributed by atoms with Crippen LogP contribution >= 0.6 is 11.6 Å². The van der Waals surface area contributed by atoms with E-state index in [1.165, 1.54) is 17.0 Å². The van der Waals surface area contributed by atoms with Crippen LogP contribution in [0.5, 0.6) is 0 Å². The van der Waals surface area contributed by atoms with Crippen molar-refractivity contribution in [3.05, 3.63) is 34.6 Å². The maximum Gasteiger partial charge on any atom is 0.246 e. The Kier molecular flexibility index (Phi) is 4.23. The lowest BCUT2D eigenvalue weighted by molar-refractivity contribution is -0.148. The molecule has 21 heavy (non-hydrogen) atoms. The van der Waals surface area contributed by atoms with E-state index in [4.69, 9.17) is 11.6 Å². The van der Waals surface area contributed by atoms with Crippen molar-refractivity contribution in [3.8, 4) is 0 Å². The van der Waals surface area contributed by atoms with E-state index in [1.54, 1.807) is 6.07 Å². The lowest BCUT2D eigenvalue weighted by Crippen LogP contribution is -2.61. The predicted octanol–water partition coefficient (Wildman–Crippen LogP) is 2.35. The van der Waals surface area contributed by atoms with Crippen LogP contribution in [0.15, 0.2) is 18.2 Å². The summed E-state index contributed by atoms with van der Waals surface area (Å²) in [5, 5.41) is 2.95. The summed E-state index contributed by atoms with van der Waals surface area (Å²) in [5.74, 6) is -0.947. The number of carbonyl (C=O) groups is 2. The number of hydrogen-bond donors (Lipinski definition) is 1. The summed E-state index contributed by atoms with van der Waals surface area (Å²) in [7, 11) is 0. The number of hydrogen-bond acceptors (Lipinski definition) is 2. The topological polar surface area (TPSA) is 49.4 Å². The van der Waals surface area contributed by atoms with Crippen molar-refractivity contribution < 1.29 is 14.0 Å². The Balaban J connectivity index is 2.27. The highest BCUT2D eigenvalue weighted by Crippen LogP contribution is 2.26. The summed E-state index contributed by atoms with van der Waals surface area (Å²) in [6.45, 7) is 5.51. The Morgan fingerprint density at radius 1 is 1.38 bits per heavy atom. The van der Waals surface area contributed by atoms with Crippen LogP contribution in [0.1, 0.15) is 26.3 Å². The fourth-order valence-electron chi connectivity index (χ4n) is 2.30. The molecule has 0 aliphatic carbocycles. The van der Waals surface area contributed by atoms with Crippen molar-refractivity contribution in [1.29, 1.82) is 0 Å². The molecule has 0 radical (unpaired) electrons. The van der Waals surface area contributed by atoms with Crippen molar-refractivity contribution >= 4 is 23.4 Å². The maximum absolute atomic E-state index is 13.8. The molecule has 0 bridgehead atoms. The fraction of sp³-hybridized carbons (Fsp3) is 0.467. The zero-order valence-electron chi connectivity index (χ0n) is 12.2. The third-order valence-electron chi connectivity index (χ3n) is 3.48. The van der Waals surface area contributed by atoms with Crippen molar-refractivity contribution in [2.75, 3.05) is 6.54 Å². The van der Waals surface area contributed by atoms with Crippen LogP contribution in [0.2, 0.25) is 5.02 Å². The molecule has 0 saturated carbocycles. The van der Waals surface area contributed by atoms with Crippen molar-refractivity contribution in [1.82, 2.24) is 10.2 Å². The molecule has 1 fully saturated rings. The van der Waals surface area contributed by atoms with Crippen LogP contribution in [0, 0.1) is 11.2 Å². The number of benzene rings is 1. The minimum Gasteiger partial charge on any atom is -0.342 e. The van der Waals surface area contributed by atoms with Gasteiger partial charge in [0.05, 0.1) is 13.1 Å². The SMILES string of the molecule is CC(C)(C)C1NC(=O)CN(Cc2c(F)cccc2Cl)C1=O. The van der Waals surface area contributed by atoms with Gasteiger partial charge in [-0.15, -0.1) is 0 Å². The molecule has 2 rings (SSSR count). The van der Waals surface area contributed by atoms with E-state index in [1.807, 2.05) is 20.8 Å². The van der Waals surface area contributed by atoms with Gasteiger partial charge in [0.25, 0.3) is 0 Å². The van der Waals surface area contributed by atoms with Crippen LogP contribution in [0.4, 0.5) is 4.39 Å². The van der Waals surface area contributed by atoms with Crippen molar-refractivity contribution in [2.24, 2.45) is 5.41 Å². The number of carbonyl (C=O) groups excluding carboxylic acids is 2. The number of rotatable bonds is 2. The Morgan fingerprint density at radius 3 is 2.62 bits per heavy atom. The van der Waals surface area contributed by atoms with Crippen LogP contribution < -0.4 is 5.32 Å². The molecule has 4 nitrogen and oxygen atoms in total. The van der Waals surface area contributed by atoms with E-state index in [9.17, 15) is 14.0 Å². The standard InChI is InChI=1S/C15H18ClFN2O2/c1-15(2,3)13-14(21)19(8-12(20)18-13)7-9-10(16)5-4-6-11(9)17/h4-6,13H,7-8H2,1-3H3,(H,18,20). The second-order valence-electron chi connectivity index (χ2n) is 6.26. The molecule has 1 atom stereocenters. The van der Waals surface area contributed by atoms with E-state index in [2.05, 4.69) is 5.32 Å². The summed E-state index contributed by atoms with van der Waals surface area (Å²) >= 11 is 5.98. The quantitative estimate of drug-likeness (QED) is 0.911. The van der Waals surface area contributed by atoms with Gasteiger partial charge in [0.1, 0.15) is 11.9 Å². The molecule has 1 aliphatic heterocycles. The minimum absolute atomic E-state index is 0.00958. The van der Waals surface area contributed by atoms with Gasteiger partial charge < -0.3 is 10.2 Å². The van der Waals surface area contributed by atoms with E-state index in [-0.39, 0.29) is 35.5 Å². The summed E-state index contributed by atoms with van der Waals surface area (Å²) in [6.07, 6.45) is 0. The van der Waals surface area contributed by atoms with Gasteiger partial charge in [-0.05, 0) is 17.5 Å². The van der Waals surface area contributed by atoms with Gasteiger partial charge >= 0.3 is 0 Å². The first-order valence-corrected chi connectivity index (χ1v) is 7.09. The molecule has 1 unspecified atom stereocenters. The lowest BCUT2D eigenvalue weighted by Gasteiger charge is -2.39. The Hall–Kier alpha value is -1.62. The number of nitrogens with one attached hydrogen (secondary N) is 1. The van der Waals surface area contributed by atoms with Gasteiger partial charge in [0, 0.05) is 10.6 Å². The molecule has 1 aromatic carbocycles. The Morgan fingerprint density at radius 2 is 2.05 bits per heavy atom. The van der Waals surface area contributed by atoms with E-state index in [0.717, 1.165) is 0 Å². The zero-order chi connectivity index (χ0) is 15.8. The van der Waals surface area contributed by atoms with Gasteiger partial charge in [-0.3, -0.25) is 9.59 Å². The molecule has 1 aromatic rings. The van der Waals surface area contributed by atoms with E-state index >= 15 is 0 Å². The first-order chi connectivity index (χ1) is 9.70. The molecule has 6 heteroatoms. The molecule has 1 aliphatic rings. The third kappa shape index (κ3) is 3.35. The molecule has 1 heterocycles. The molecule has 0 spiro atoms. The largest absolute Gasteiger partial charge is 0.342 e. The highest BCUT2D eigenvalue weighted by molar-refractivity contribution is 6.31. The molecule has 1 saturated heterocycles. The lowest BCUT2D eigenvalue weighted by atomic mass is 9.84. The number of piperazine rings is 1. The van der Waals surface area contributed by atoms with Crippen LogP contribution in [-0.4, -0.2) is 29.3 Å². The van der Waals surface area contributed by atoms with Crippen LogP contribution in [0.3, 0.4) is 0 Å². The van der Waals surface area contributed by atoms with Gasteiger partial charge in [-0.1, -0.05) is 38.4 Å². The Labute approximate surface area is 128 Å². The van der Waals surface area contributed by atoms with Crippen LogP contribution in [0.25, 0.3) is 0 Å².